The summed E-state index contributed by atoms with van der Waals surface area (Å²) in [7, 11) is 0. The minimum Gasteiger partial charge on any atom is -0.388 e. The Kier molecular flexibility index (Phi) is 4.74. The lowest BCUT2D eigenvalue weighted by atomic mass is 10.6. The van der Waals surface area contributed by atoms with Crippen LogP contribution >= 0.6 is 0 Å². The molecule has 0 aromatic heterocycles. The van der Waals surface area contributed by atoms with Crippen LogP contribution in [0.5, 0.6) is 0 Å². The summed E-state index contributed by atoms with van der Waals surface area (Å²) in [6.07, 6.45) is 5.66. The van der Waals surface area contributed by atoms with Crippen LogP contribution in [0.1, 0.15) is 6.92 Å². The minimum atomic E-state index is 0.852. The molecule has 40 valence electrons. The molecule has 1 nitrogen and oxygen atoms in total. The lowest BCUT2D eigenvalue weighted by molar-refractivity contribution is 0.985. The van der Waals surface area contributed by atoms with Crippen LogP contribution in [0.25, 0.3) is 0 Å². The van der Waals surface area contributed by atoms with Gasteiger partial charge in [0.1, 0.15) is 0 Å². The molecule has 0 aromatic rings. The first-order valence-electron chi connectivity index (χ1n) is 2.37. The van der Waals surface area contributed by atoms with Crippen molar-refractivity contribution in [2.45, 2.75) is 6.92 Å². The third kappa shape index (κ3) is 5.28. The first-order valence-corrected chi connectivity index (χ1v) is 2.37. The summed E-state index contributed by atoms with van der Waals surface area (Å²) < 4.78 is 0. The van der Waals surface area contributed by atoms with E-state index in [1.54, 1.807) is 0 Å². The molecule has 0 bridgehead atoms. The van der Waals surface area contributed by atoms with Gasteiger partial charge in [0.25, 0.3) is 0 Å². The van der Waals surface area contributed by atoms with Crippen LogP contribution in [-0.2, 0) is 0 Å². The summed E-state index contributed by atoms with van der Waals surface area (Å²) in [5.74, 6) is 0. The van der Waals surface area contributed by atoms with E-state index in [1.165, 1.54) is 0 Å². The highest BCUT2D eigenvalue weighted by Gasteiger charge is 1.62. The number of rotatable bonds is 3. The summed E-state index contributed by atoms with van der Waals surface area (Å²) in [4.78, 5) is 0. The molecule has 0 saturated heterocycles. The van der Waals surface area contributed by atoms with Crippen molar-refractivity contribution in [3.05, 3.63) is 24.9 Å². The summed E-state index contributed by atoms with van der Waals surface area (Å²) in [6.45, 7) is 6.36. The van der Waals surface area contributed by atoms with Crippen LogP contribution in [0.3, 0.4) is 0 Å². The maximum atomic E-state index is 3.54. The highest BCUT2D eigenvalue weighted by Crippen LogP contribution is 1.62. The van der Waals surface area contributed by atoms with Gasteiger partial charge in [0, 0.05) is 6.54 Å². The van der Waals surface area contributed by atoms with Crippen LogP contribution in [0.2, 0.25) is 0 Å². The lowest BCUT2D eigenvalue weighted by Gasteiger charge is -1.87. The van der Waals surface area contributed by atoms with E-state index < -0.39 is 0 Å². The maximum absolute atomic E-state index is 3.54. The first-order chi connectivity index (χ1) is 3.41. The summed E-state index contributed by atoms with van der Waals surface area (Å²) in [5.41, 5.74) is 0. The van der Waals surface area contributed by atoms with Crippen LogP contribution in [0.4, 0.5) is 0 Å². The molecule has 0 saturated carbocycles. The Bertz CT molecular complexity index is 64.6. The molecule has 0 rings (SSSR count). The Hall–Kier alpha value is -0.720. The van der Waals surface area contributed by atoms with Crippen molar-refractivity contribution in [1.82, 2.24) is 5.32 Å². The van der Waals surface area contributed by atoms with E-state index in [4.69, 9.17) is 0 Å². The fourth-order valence-corrected chi connectivity index (χ4v) is 0.269. The maximum Gasteiger partial charge on any atom is 0.0322 e. The molecule has 1 heteroatoms. The van der Waals surface area contributed by atoms with Crippen LogP contribution < -0.4 is 5.32 Å². The van der Waals surface area contributed by atoms with Crippen molar-refractivity contribution in [3.63, 3.8) is 0 Å². The van der Waals surface area contributed by atoms with Gasteiger partial charge in [-0.3, -0.25) is 0 Å². The topological polar surface area (TPSA) is 12.0 Å². The third-order valence-electron chi connectivity index (χ3n) is 0.547. The molecule has 0 fully saturated rings. The van der Waals surface area contributed by atoms with E-state index in [-0.39, 0.29) is 0 Å². The molecule has 0 aromatic carbocycles. The molecule has 0 aliphatic carbocycles. The number of hydrogen-bond acceptors (Lipinski definition) is 1. The predicted molar refractivity (Wildman–Crippen MR) is 33.0 cm³/mol. The first kappa shape index (κ1) is 6.28. The monoisotopic (exact) mass is 97.1 g/mol. The van der Waals surface area contributed by atoms with Crippen molar-refractivity contribution in [1.29, 1.82) is 0 Å². The number of hydrogen-bond donors (Lipinski definition) is 1. The van der Waals surface area contributed by atoms with Crippen LogP contribution in [0.15, 0.2) is 24.9 Å². The van der Waals surface area contributed by atoms with Crippen LogP contribution in [0, 0.1) is 0 Å². The van der Waals surface area contributed by atoms with E-state index in [0.717, 1.165) is 6.54 Å². The normalized spacial score (nSPS) is 9.29. The highest BCUT2D eigenvalue weighted by atomic mass is 14.8. The Labute approximate surface area is 44.7 Å². The Morgan fingerprint density at radius 2 is 2.43 bits per heavy atom. The van der Waals surface area contributed by atoms with E-state index in [0.29, 0.717) is 0 Å². The zero-order valence-corrected chi connectivity index (χ0v) is 4.65. The standard InChI is InChI=1S/C6H11N/c1-3-5-7-6-4-2/h3-4,6-7H,1,5H2,2H3/b6-4+. The van der Waals surface area contributed by atoms with Crippen LogP contribution in [-0.4, -0.2) is 6.54 Å². The van der Waals surface area contributed by atoms with Crippen molar-refractivity contribution in [2.24, 2.45) is 0 Å². The zero-order chi connectivity index (χ0) is 5.54. The molecular weight excluding hydrogens is 86.1 g/mol. The van der Waals surface area contributed by atoms with E-state index in [1.807, 2.05) is 25.3 Å². The molecule has 0 amide bonds. The van der Waals surface area contributed by atoms with Gasteiger partial charge in [-0.15, -0.1) is 6.58 Å². The fourth-order valence-electron chi connectivity index (χ4n) is 0.269. The minimum absolute atomic E-state index is 0.852. The van der Waals surface area contributed by atoms with Gasteiger partial charge in [-0.05, 0) is 13.1 Å². The predicted octanol–water partition coefficient (Wildman–Crippen LogP) is 1.30. The second-order valence-corrected chi connectivity index (χ2v) is 1.20. The largest absolute Gasteiger partial charge is 0.388 e. The molecule has 0 spiro atoms. The van der Waals surface area contributed by atoms with Gasteiger partial charge in [0.2, 0.25) is 0 Å². The highest BCUT2D eigenvalue weighted by molar-refractivity contribution is 4.79. The second kappa shape index (κ2) is 5.28. The lowest BCUT2D eigenvalue weighted by Crippen LogP contribution is -2.01. The average Bonchev–Trinajstić information content (AvgIpc) is 1.69. The second-order valence-electron chi connectivity index (χ2n) is 1.20. The van der Waals surface area contributed by atoms with E-state index in [9.17, 15) is 0 Å². The van der Waals surface area contributed by atoms with Crippen molar-refractivity contribution >= 4 is 0 Å². The molecular formula is C6H11N. The van der Waals surface area contributed by atoms with Gasteiger partial charge in [-0.1, -0.05) is 12.2 Å². The molecule has 0 radical (unpaired) electrons. The van der Waals surface area contributed by atoms with Gasteiger partial charge in [0.15, 0.2) is 0 Å². The summed E-state index contributed by atoms with van der Waals surface area (Å²) in [6, 6.07) is 0. The third-order valence-corrected chi connectivity index (χ3v) is 0.547. The summed E-state index contributed by atoms with van der Waals surface area (Å²) >= 11 is 0. The SMILES string of the molecule is C=CCN/C=C/C. The summed E-state index contributed by atoms with van der Waals surface area (Å²) in [5, 5.41) is 2.99. The molecule has 7 heavy (non-hydrogen) atoms. The molecule has 0 aliphatic rings. The molecule has 0 aliphatic heterocycles. The van der Waals surface area contributed by atoms with Gasteiger partial charge >= 0.3 is 0 Å². The Morgan fingerprint density at radius 3 is 2.86 bits per heavy atom. The average molecular weight is 97.2 g/mol. The molecule has 0 unspecified atom stereocenters. The molecule has 1 N–H and O–H groups in total. The molecule has 0 atom stereocenters. The van der Waals surface area contributed by atoms with Gasteiger partial charge in [-0.2, -0.15) is 0 Å². The number of nitrogens with one attached hydrogen (secondary N) is 1. The van der Waals surface area contributed by atoms with Gasteiger partial charge in [-0.25, -0.2) is 0 Å². The number of allylic oxidation sites excluding steroid dienone is 1. The van der Waals surface area contributed by atoms with E-state index in [2.05, 4.69) is 11.9 Å². The van der Waals surface area contributed by atoms with E-state index >= 15 is 0 Å². The smallest absolute Gasteiger partial charge is 0.0322 e. The zero-order valence-electron chi connectivity index (χ0n) is 4.65. The van der Waals surface area contributed by atoms with Gasteiger partial charge < -0.3 is 5.32 Å². The molecule has 0 heterocycles. The fraction of sp³-hybridized carbons (Fsp3) is 0.333. The Balaban J connectivity index is 2.82. The van der Waals surface area contributed by atoms with Gasteiger partial charge in [0.05, 0.1) is 0 Å². The van der Waals surface area contributed by atoms with Crippen molar-refractivity contribution in [3.8, 4) is 0 Å². The van der Waals surface area contributed by atoms with Crippen molar-refractivity contribution < 1.29 is 0 Å². The van der Waals surface area contributed by atoms with Crippen molar-refractivity contribution in [2.75, 3.05) is 6.54 Å². The Morgan fingerprint density at radius 1 is 1.71 bits per heavy atom. The quantitative estimate of drug-likeness (QED) is 0.413.